The average molecular weight is 468 g/mol. The molecular formula is C29H29N3O3. The molecule has 3 aliphatic rings. The van der Waals surface area contributed by atoms with Crippen molar-refractivity contribution in [3.8, 4) is 0 Å². The van der Waals surface area contributed by atoms with Crippen molar-refractivity contribution in [1.29, 1.82) is 0 Å². The van der Waals surface area contributed by atoms with Crippen LogP contribution in [0.1, 0.15) is 57.0 Å². The molecule has 3 aromatic rings. The van der Waals surface area contributed by atoms with E-state index in [-0.39, 0.29) is 30.3 Å². The van der Waals surface area contributed by atoms with Gasteiger partial charge in [0.25, 0.3) is 11.8 Å². The molecule has 0 spiro atoms. The molecule has 0 N–H and O–H groups in total. The maximum absolute atomic E-state index is 13.5. The van der Waals surface area contributed by atoms with Crippen LogP contribution in [0.5, 0.6) is 0 Å². The lowest BCUT2D eigenvalue weighted by molar-refractivity contribution is -0.119. The van der Waals surface area contributed by atoms with Gasteiger partial charge in [0.2, 0.25) is 5.91 Å². The Bertz CT molecular complexity index is 1330. The second kappa shape index (κ2) is 8.31. The minimum Gasteiger partial charge on any atom is -0.308 e. The Balaban J connectivity index is 1.20. The second-order valence-electron chi connectivity index (χ2n) is 10.1. The summed E-state index contributed by atoms with van der Waals surface area (Å²) in [6, 6.07) is 17.7. The van der Waals surface area contributed by atoms with Gasteiger partial charge >= 0.3 is 0 Å². The normalized spacial score (nSPS) is 21.4. The van der Waals surface area contributed by atoms with E-state index in [1.807, 2.05) is 29.2 Å². The van der Waals surface area contributed by atoms with Crippen molar-refractivity contribution >= 4 is 34.2 Å². The Kier molecular flexibility index (Phi) is 5.22. The smallest absolute Gasteiger partial charge is 0.261 e. The number of hydrogen-bond donors (Lipinski definition) is 0. The number of anilines is 1. The van der Waals surface area contributed by atoms with Crippen molar-refractivity contribution in [3.63, 3.8) is 0 Å². The summed E-state index contributed by atoms with van der Waals surface area (Å²) in [5.74, 6) is -0.144. The Morgan fingerprint density at radius 1 is 1.00 bits per heavy atom. The topological polar surface area (TPSA) is 60.9 Å². The number of rotatable bonds is 4. The zero-order valence-corrected chi connectivity index (χ0v) is 20.2. The quantitative estimate of drug-likeness (QED) is 0.535. The highest BCUT2D eigenvalue weighted by Crippen LogP contribution is 2.45. The van der Waals surface area contributed by atoms with E-state index in [1.54, 1.807) is 12.1 Å². The summed E-state index contributed by atoms with van der Waals surface area (Å²) in [5, 5.41) is 1.63. The Morgan fingerprint density at radius 3 is 2.43 bits per heavy atom. The van der Waals surface area contributed by atoms with Crippen molar-refractivity contribution in [2.75, 3.05) is 31.6 Å². The van der Waals surface area contributed by atoms with Crippen LogP contribution in [0.25, 0.3) is 10.8 Å². The molecule has 0 unspecified atom stereocenters. The highest BCUT2D eigenvalue weighted by molar-refractivity contribution is 6.25. The van der Waals surface area contributed by atoms with Crippen LogP contribution in [-0.4, -0.2) is 60.2 Å². The van der Waals surface area contributed by atoms with Crippen LogP contribution >= 0.6 is 0 Å². The molecule has 1 saturated heterocycles. The first kappa shape index (κ1) is 22.0. The third-order valence-electron chi connectivity index (χ3n) is 7.85. The fourth-order valence-corrected chi connectivity index (χ4v) is 6.20. The number of carbonyl (C=O) groups excluding carboxylic acids is 3. The lowest BCUT2D eigenvalue weighted by atomic mass is 9.89. The lowest BCUT2D eigenvalue weighted by Crippen LogP contribution is -2.47. The predicted molar refractivity (Wildman–Crippen MR) is 136 cm³/mol. The minimum absolute atomic E-state index is 0.0755. The summed E-state index contributed by atoms with van der Waals surface area (Å²) in [4.78, 5) is 45.5. The molecule has 0 bridgehead atoms. The van der Waals surface area contributed by atoms with Crippen molar-refractivity contribution in [2.45, 2.75) is 38.1 Å². The zero-order valence-electron chi connectivity index (χ0n) is 20.2. The number of nitrogens with zero attached hydrogens (tertiary/aromatic N) is 3. The molecule has 0 aromatic heterocycles. The van der Waals surface area contributed by atoms with Gasteiger partial charge in [0.15, 0.2) is 0 Å². The number of amides is 3. The molecule has 0 aliphatic carbocycles. The molecule has 6 rings (SSSR count). The third-order valence-corrected chi connectivity index (χ3v) is 7.85. The van der Waals surface area contributed by atoms with E-state index in [1.165, 1.54) is 16.0 Å². The Morgan fingerprint density at radius 2 is 1.71 bits per heavy atom. The average Bonchev–Trinajstić information content (AvgIpc) is 3.17. The molecule has 0 radical (unpaired) electrons. The van der Waals surface area contributed by atoms with E-state index < -0.39 is 0 Å². The van der Waals surface area contributed by atoms with Gasteiger partial charge in [0.05, 0.1) is 0 Å². The highest BCUT2D eigenvalue weighted by Gasteiger charge is 2.43. The SMILES string of the molecule is Cc1ccc2c(c1)[C@@H]1CN(C)CC[C@H]1N2C(=O)CCCN1C(=O)c2cccc3cccc(c23)C1=O. The number of piperidine rings is 1. The summed E-state index contributed by atoms with van der Waals surface area (Å²) in [7, 11) is 2.14. The first-order valence-electron chi connectivity index (χ1n) is 12.4. The van der Waals surface area contributed by atoms with E-state index in [4.69, 9.17) is 0 Å². The number of carbonyl (C=O) groups is 3. The maximum atomic E-state index is 13.5. The van der Waals surface area contributed by atoms with Gasteiger partial charge in [-0.05, 0) is 62.5 Å². The summed E-state index contributed by atoms with van der Waals surface area (Å²) in [6.07, 6.45) is 1.70. The van der Waals surface area contributed by atoms with Crippen molar-refractivity contribution in [2.24, 2.45) is 0 Å². The number of hydrogen-bond acceptors (Lipinski definition) is 4. The summed E-state index contributed by atoms with van der Waals surface area (Å²) >= 11 is 0. The van der Waals surface area contributed by atoms with Crippen LogP contribution in [0.3, 0.4) is 0 Å². The van der Waals surface area contributed by atoms with Gasteiger partial charge in [-0.15, -0.1) is 0 Å². The monoisotopic (exact) mass is 467 g/mol. The van der Waals surface area contributed by atoms with Gasteiger partial charge < -0.3 is 9.80 Å². The van der Waals surface area contributed by atoms with Gasteiger partial charge in [-0.3, -0.25) is 19.3 Å². The van der Waals surface area contributed by atoms with E-state index in [9.17, 15) is 14.4 Å². The highest BCUT2D eigenvalue weighted by atomic mass is 16.2. The number of benzene rings is 3. The molecule has 1 fully saturated rings. The van der Waals surface area contributed by atoms with Gasteiger partial charge in [-0.25, -0.2) is 0 Å². The summed E-state index contributed by atoms with van der Waals surface area (Å²) < 4.78 is 0. The van der Waals surface area contributed by atoms with Crippen LogP contribution in [0.15, 0.2) is 54.6 Å². The molecule has 3 heterocycles. The van der Waals surface area contributed by atoms with Crippen molar-refractivity contribution in [3.05, 3.63) is 76.9 Å². The first-order chi connectivity index (χ1) is 16.9. The molecule has 35 heavy (non-hydrogen) atoms. The largest absolute Gasteiger partial charge is 0.308 e. The molecule has 3 aliphatic heterocycles. The molecule has 3 amide bonds. The predicted octanol–water partition coefficient (Wildman–Crippen LogP) is 4.36. The fourth-order valence-electron chi connectivity index (χ4n) is 6.20. The maximum Gasteiger partial charge on any atom is 0.261 e. The van der Waals surface area contributed by atoms with Gasteiger partial charge in [-0.2, -0.15) is 0 Å². The van der Waals surface area contributed by atoms with Crippen molar-refractivity contribution < 1.29 is 14.4 Å². The van der Waals surface area contributed by atoms with E-state index in [0.29, 0.717) is 29.9 Å². The van der Waals surface area contributed by atoms with Crippen LogP contribution in [-0.2, 0) is 4.79 Å². The Hall–Kier alpha value is -3.51. The molecular weight excluding hydrogens is 438 g/mol. The van der Waals surface area contributed by atoms with Gasteiger partial charge in [0, 0.05) is 53.7 Å². The van der Waals surface area contributed by atoms with E-state index in [0.717, 1.165) is 36.0 Å². The number of aryl methyl sites for hydroxylation is 1. The number of likely N-dealkylation sites (tertiary alicyclic amines) is 1. The van der Waals surface area contributed by atoms with Gasteiger partial charge in [-0.1, -0.05) is 42.0 Å². The molecule has 6 heteroatoms. The van der Waals surface area contributed by atoms with Gasteiger partial charge in [0.1, 0.15) is 0 Å². The van der Waals surface area contributed by atoms with Crippen molar-refractivity contribution in [1.82, 2.24) is 9.80 Å². The molecule has 6 nitrogen and oxygen atoms in total. The first-order valence-corrected chi connectivity index (χ1v) is 12.4. The molecule has 178 valence electrons. The van der Waals surface area contributed by atoms with Crippen LogP contribution in [0.4, 0.5) is 5.69 Å². The second-order valence-corrected chi connectivity index (χ2v) is 10.1. The molecule has 0 saturated carbocycles. The molecule has 2 atom stereocenters. The number of likely N-dealkylation sites (N-methyl/N-ethyl adjacent to an activating group) is 1. The lowest BCUT2D eigenvalue weighted by Gasteiger charge is -2.36. The van der Waals surface area contributed by atoms with E-state index in [2.05, 4.69) is 37.1 Å². The Labute approximate surface area is 205 Å². The zero-order chi connectivity index (χ0) is 24.3. The van der Waals surface area contributed by atoms with Crippen LogP contribution in [0, 0.1) is 6.92 Å². The summed E-state index contributed by atoms with van der Waals surface area (Å²) in [6.45, 7) is 4.25. The number of imide groups is 1. The minimum atomic E-state index is -0.274. The number of fused-ring (bicyclic) bond motifs is 3. The van der Waals surface area contributed by atoms with Crippen LogP contribution < -0.4 is 4.90 Å². The third kappa shape index (κ3) is 3.47. The molecule has 3 aromatic carbocycles. The summed E-state index contributed by atoms with van der Waals surface area (Å²) in [5.41, 5.74) is 4.61. The van der Waals surface area contributed by atoms with Crippen LogP contribution in [0.2, 0.25) is 0 Å². The van der Waals surface area contributed by atoms with E-state index >= 15 is 0 Å². The standard InChI is InChI=1S/C29H29N3O3/c1-18-11-12-24-22(16-18)23-17-30(2)15-13-25(23)32(24)26(33)10-5-14-31-28(34)20-8-3-6-19-7-4-9-21(27(19)20)29(31)35/h3-4,6-9,11-12,16,23,25H,5,10,13-15,17H2,1-2H3/t23-,25+/m0/s1. The fraction of sp³-hybridized carbons (Fsp3) is 0.345.